The molecule has 1 fully saturated rings. The van der Waals surface area contributed by atoms with Gasteiger partial charge < -0.3 is 16.4 Å². The molecule has 1 aromatic carbocycles. The summed E-state index contributed by atoms with van der Waals surface area (Å²) < 4.78 is 1.68. The second-order valence-corrected chi connectivity index (χ2v) is 6.68. The average Bonchev–Trinajstić information content (AvgIpc) is 3.27. The molecule has 0 saturated heterocycles. The smallest absolute Gasteiger partial charge is 0.254 e. The fourth-order valence-corrected chi connectivity index (χ4v) is 3.33. The normalized spacial score (nSPS) is 16.5. The molecule has 0 unspecified atom stereocenters. The van der Waals surface area contributed by atoms with E-state index in [4.69, 9.17) is 11.0 Å². The number of carbonyl (C=O) groups is 2. The topological polar surface area (TPSA) is 126 Å². The van der Waals surface area contributed by atoms with Gasteiger partial charge in [0.1, 0.15) is 5.56 Å². The van der Waals surface area contributed by atoms with Crippen molar-refractivity contribution in [3.63, 3.8) is 0 Å². The fourth-order valence-electron chi connectivity index (χ4n) is 3.33. The number of rotatable bonds is 6. The van der Waals surface area contributed by atoms with Crippen molar-refractivity contribution >= 4 is 23.3 Å². The van der Waals surface area contributed by atoms with E-state index in [1.54, 1.807) is 23.0 Å². The number of nitrogens with two attached hydrogens (primary N) is 1. The standard InChI is InChI=1S/C18H18N6O2/c19-6-5-15(10-1-2-10)24-9-14(16(20)25)17(23-24)22-12-3-4-13-11(7-12)8-21-18(13)26/h3-4,7,9-10,15H,1-2,5,8H2,(H2,20,25)(H,21,26)(H,22,23)/t15-/m1/s1. The van der Waals surface area contributed by atoms with Gasteiger partial charge in [0.25, 0.3) is 11.8 Å². The first kappa shape index (κ1) is 16.1. The van der Waals surface area contributed by atoms with E-state index in [2.05, 4.69) is 21.8 Å². The third-order valence-electron chi connectivity index (χ3n) is 4.86. The van der Waals surface area contributed by atoms with Crippen LogP contribution in [0, 0.1) is 17.2 Å². The fraction of sp³-hybridized carbons (Fsp3) is 0.333. The molecular weight excluding hydrogens is 332 g/mol. The number of hydrogen-bond donors (Lipinski definition) is 3. The molecule has 26 heavy (non-hydrogen) atoms. The van der Waals surface area contributed by atoms with Crippen LogP contribution in [0.4, 0.5) is 11.5 Å². The maximum absolute atomic E-state index is 11.8. The monoisotopic (exact) mass is 350 g/mol. The first-order chi connectivity index (χ1) is 12.6. The lowest BCUT2D eigenvalue weighted by Crippen LogP contribution is -2.12. The van der Waals surface area contributed by atoms with Crippen molar-refractivity contribution in [3.8, 4) is 6.07 Å². The number of benzene rings is 1. The second kappa shape index (κ2) is 6.19. The molecule has 4 rings (SSSR count). The summed E-state index contributed by atoms with van der Waals surface area (Å²) >= 11 is 0. The minimum absolute atomic E-state index is 0.0458. The molecule has 1 aromatic heterocycles. The Bertz CT molecular complexity index is 938. The molecule has 1 aliphatic heterocycles. The van der Waals surface area contributed by atoms with Crippen molar-refractivity contribution in [1.29, 1.82) is 5.26 Å². The van der Waals surface area contributed by atoms with E-state index in [1.165, 1.54) is 0 Å². The number of fused-ring (bicyclic) bond motifs is 1. The Balaban J connectivity index is 1.64. The molecule has 2 heterocycles. The maximum Gasteiger partial charge on any atom is 0.254 e. The van der Waals surface area contributed by atoms with Crippen molar-refractivity contribution in [3.05, 3.63) is 41.1 Å². The van der Waals surface area contributed by atoms with Crippen molar-refractivity contribution in [2.75, 3.05) is 5.32 Å². The molecule has 0 radical (unpaired) electrons. The van der Waals surface area contributed by atoms with Crippen LogP contribution in [-0.4, -0.2) is 21.6 Å². The number of amides is 2. The maximum atomic E-state index is 11.8. The molecule has 8 heteroatoms. The number of nitriles is 1. The van der Waals surface area contributed by atoms with Gasteiger partial charge in [-0.25, -0.2) is 0 Å². The number of carbonyl (C=O) groups excluding carboxylic acids is 2. The summed E-state index contributed by atoms with van der Waals surface area (Å²) in [6, 6.07) is 7.50. The summed E-state index contributed by atoms with van der Waals surface area (Å²) in [6.07, 6.45) is 4.08. The third-order valence-corrected chi connectivity index (χ3v) is 4.86. The lowest BCUT2D eigenvalue weighted by molar-refractivity contribution is 0.0964. The third kappa shape index (κ3) is 2.88. The first-order valence-electron chi connectivity index (χ1n) is 8.51. The number of anilines is 2. The van der Waals surface area contributed by atoms with Gasteiger partial charge in [-0.05, 0) is 42.5 Å². The summed E-state index contributed by atoms with van der Waals surface area (Å²) in [4.78, 5) is 23.5. The van der Waals surface area contributed by atoms with E-state index in [0.29, 0.717) is 30.3 Å². The molecule has 1 aliphatic carbocycles. The van der Waals surface area contributed by atoms with Gasteiger partial charge in [-0.2, -0.15) is 10.4 Å². The molecule has 2 aromatic rings. The van der Waals surface area contributed by atoms with Crippen molar-refractivity contribution < 1.29 is 9.59 Å². The molecule has 1 atom stereocenters. The lowest BCUT2D eigenvalue weighted by atomic mass is 10.1. The highest BCUT2D eigenvalue weighted by molar-refractivity contribution is 5.99. The summed E-state index contributed by atoms with van der Waals surface area (Å²) in [5, 5.41) is 19.4. The van der Waals surface area contributed by atoms with Gasteiger partial charge >= 0.3 is 0 Å². The SMILES string of the molecule is N#CC[C@H](C1CC1)n1cc(C(N)=O)c(Nc2ccc3c(c2)CNC3=O)n1. The molecule has 0 bridgehead atoms. The second-order valence-electron chi connectivity index (χ2n) is 6.68. The number of nitrogens with one attached hydrogen (secondary N) is 2. The van der Waals surface area contributed by atoms with Gasteiger partial charge in [-0.3, -0.25) is 14.3 Å². The Labute approximate surface area is 150 Å². The van der Waals surface area contributed by atoms with Crippen molar-refractivity contribution in [2.24, 2.45) is 11.7 Å². The van der Waals surface area contributed by atoms with E-state index >= 15 is 0 Å². The molecular formula is C18H18N6O2. The molecule has 2 amide bonds. The Morgan fingerprint density at radius 3 is 3.00 bits per heavy atom. The number of primary amides is 1. The van der Waals surface area contributed by atoms with E-state index in [-0.39, 0.29) is 17.5 Å². The quantitative estimate of drug-likeness (QED) is 0.733. The van der Waals surface area contributed by atoms with E-state index in [1.807, 2.05) is 6.07 Å². The number of aromatic nitrogens is 2. The highest BCUT2D eigenvalue weighted by Gasteiger charge is 2.34. The van der Waals surface area contributed by atoms with Gasteiger partial charge in [0, 0.05) is 24.0 Å². The van der Waals surface area contributed by atoms with Crippen LogP contribution in [0.25, 0.3) is 0 Å². The van der Waals surface area contributed by atoms with E-state index in [0.717, 1.165) is 24.1 Å². The zero-order chi connectivity index (χ0) is 18.3. The minimum Gasteiger partial charge on any atom is -0.365 e. The van der Waals surface area contributed by atoms with Gasteiger partial charge in [0.15, 0.2) is 5.82 Å². The first-order valence-corrected chi connectivity index (χ1v) is 8.51. The predicted octanol–water partition coefficient (Wildman–Crippen LogP) is 1.83. The van der Waals surface area contributed by atoms with Gasteiger partial charge in [0.2, 0.25) is 0 Å². The molecule has 0 spiro atoms. The van der Waals surface area contributed by atoms with Crippen LogP contribution in [0.2, 0.25) is 0 Å². The van der Waals surface area contributed by atoms with Crippen LogP contribution in [0.5, 0.6) is 0 Å². The van der Waals surface area contributed by atoms with Crippen molar-refractivity contribution in [2.45, 2.75) is 31.8 Å². The summed E-state index contributed by atoms with van der Waals surface area (Å²) in [7, 11) is 0. The van der Waals surface area contributed by atoms with E-state index in [9.17, 15) is 9.59 Å². The molecule has 132 valence electrons. The predicted molar refractivity (Wildman–Crippen MR) is 93.6 cm³/mol. The van der Waals surface area contributed by atoms with Gasteiger partial charge in [-0.15, -0.1) is 0 Å². The number of hydrogen-bond acceptors (Lipinski definition) is 5. The molecule has 4 N–H and O–H groups in total. The Morgan fingerprint density at radius 2 is 2.31 bits per heavy atom. The van der Waals surface area contributed by atoms with Crippen LogP contribution in [0.1, 0.15) is 51.6 Å². The Hall–Kier alpha value is -3.34. The highest BCUT2D eigenvalue weighted by Crippen LogP contribution is 2.41. The summed E-state index contributed by atoms with van der Waals surface area (Å²) in [5.41, 5.74) is 8.04. The average molecular weight is 350 g/mol. The van der Waals surface area contributed by atoms with Gasteiger partial charge in [-0.1, -0.05) is 0 Å². The molecule has 8 nitrogen and oxygen atoms in total. The van der Waals surface area contributed by atoms with Crippen LogP contribution < -0.4 is 16.4 Å². The van der Waals surface area contributed by atoms with Gasteiger partial charge in [0.05, 0.1) is 18.5 Å². The molecule has 2 aliphatic rings. The highest BCUT2D eigenvalue weighted by atomic mass is 16.2. The largest absolute Gasteiger partial charge is 0.365 e. The Kier molecular flexibility index (Phi) is 3.84. The molecule has 1 saturated carbocycles. The zero-order valence-corrected chi connectivity index (χ0v) is 14.0. The Morgan fingerprint density at radius 1 is 1.50 bits per heavy atom. The van der Waals surface area contributed by atoms with Crippen LogP contribution >= 0.6 is 0 Å². The summed E-state index contributed by atoms with van der Waals surface area (Å²) in [5.74, 6) is 0.110. The van der Waals surface area contributed by atoms with E-state index < -0.39 is 5.91 Å². The minimum atomic E-state index is -0.580. The number of nitrogens with zero attached hydrogens (tertiary/aromatic N) is 3. The zero-order valence-electron chi connectivity index (χ0n) is 14.0. The van der Waals surface area contributed by atoms with Crippen LogP contribution in [0.3, 0.4) is 0 Å². The summed E-state index contributed by atoms with van der Waals surface area (Å²) in [6.45, 7) is 0.479. The van der Waals surface area contributed by atoms with Crippen LogP contribution in [0.15, 0.2) is 24.4 Å². The van der Waals surface area contributed by atoms with Crippen LogP contribution in [-0.2, 0) is 6.54 Å². The lowest BCUT2D eigenvalue weighted by Gasteiger charge is -2.12. The van der Waals surface area contributed by atoms with Crippen molar-refractivity contribution in [1.82, 2.24) is 15.1 Å².